The van der Waals surface area contributed by atoms with Gasteiger partial charge in [-0.3, -0.25) is 0 Å². The number of benzene rings is 2. The van der Waals surface area contributed by atoms with Gasteiger partial charge in [0.1, 0.15) is 0 Å². The average molecular weight is 458 g/mol. The largest absolute Gasteiger partial charge is 0.391 e. The lowest BCUT2D eigenvalue weighted by molar-refractivity contribution is 0.596. The zero-order valence-electron chi connectivity index (χ0n) is 16.1. The number of halogens is 1. The molecule has 3 rings (SSSR count). The first-order valence-corrected chi connectivity index (χ1v) is 11.5. The molecule has 2 aromatic carbocycles. The lowest BCUT2D eigenvalue weighted by atomic mass is 9.91. The molecule has 0 fully saturated rings. The van der Waals surface area contributed by atoms with Crippen molar-refractivity contribution < 1.29 is 8.42 Å². The van der Waals surface area contributed by atoms with Crippen molar-refractivity contribution >= 4 is 31.8 Å². The summed E-state index contributed by atoms with van der Waals surface area (Å²) in [6, 6.07) is 12.0. The molecule has 0 radical (unpaired) electrons. The van der Waals surface area contributed by atoms with Gasteiger partial charge in [0.05, 0.1) is 9.79 Å². The monoisotopic (exact) mass is 457 g/mol. The van der Waals surface area contributed by atoms with E-state index in [1.807, 2.05) is 13.1 Å². The summed E-state index contributed by atoms with van der Waals surface area (Å²) < 4.78 is 27.0. The first kappa shape index (κ1) is 20.6. The highest BCUT2D eigenvalue weighted by atomic mass is 79.9. The summed E-state index contributed by atoms with van der Waals surface area (Å²) in [6.07, 6.45) is 6.68. The van der Waals surface area contributed by atoms with Crippen LogP contribution in [0, 0.1) is 0 Å². The molecule has 0 saturated carbocycles. The Bertz CT molecular complexity index is 1060. The number of nitrogens with one attached hydrogen (secondary N) is 1. The molecule has 146 valence electrons. The Labute approximate surface area is 175 Å². The van der Waals surface area contributed by atoms with Crippen LogP contribution in [0.5, 0.6) is 0 Å². The number of allylic oxidation sites excluding steroid dienone is 4. The van der Waals surface area contributed by atoms with Gasteiger partial charge < -0.3 is 5.32 Å². The van der Waals surface area contributed by atoms with E-state index in [-0.39, 0.29) is 4.90 Å². The van der Waals surface area contributed by atoms with E-state index in [1.54, 1.807) is 42.5 Å². The van der Waals surface area contributed by atoms with Crippen LogP contribution in [0.15, 0.2) is 86.2 Å². The third-order valence-corrected chi connectivity index (χ3v) is 7.32. The summed E-state index contributed by atoms with van der Waals surface area (Å²) in [5.41, 5.74) is 5.67. The van der Waals surface area contributed by atoms with Gasteiger partial charge in [0.25, 0.3) is 0 Å². The molecule has 0 saturated heterocycles. The number of hydrogen-bond donors (Lipinski definition) is 1. The highest BCUT2D eigenvalue weighted by Crippen LogP contribution is 2.29. The molecule has 1 aliphatic rings. The van der Waals surface area contributed by atoms with Gasteiger partial charge >= 0.3 is 0 Å². The molecule has 5 heteroatoms. The van der Waals surface area contributed by atoms with Crippen molar-refractivity contribution in [1.29, 1.82) is 0 Å². The van der Waals surface area contributed by atoms with Gasteiger partial charge in [-0.05, 0) is 79.3 Å². The van der Waals surface area contributed by atoms with Gasteiger partial charge in [-0.25, -0.2) is 8.42 Å². The van der Waals surface area contributed by atoms with Gasteiger partial charge in [-0.1, -0.05) is 46.3 Å². The molecule has 0 bridgehead atoms. The highest BCUT2D eigenvalue weighted by Gasteiger charge is 2.20. The fourth-order valence-electron chi connectivity index (χ4n) is 3.44. The van der Waals surface area contributed by atoms with Gasteiger partial charge in [0.2, 0.25) is 9.84 Å². The standard InChI is InChI=1S/C23H24BrNO2S/c1-4-17-6-9-22(28(26,27)21-10-7-20(24)8-11-21)15-18(17)14-19-13-16(2)5-12-23(19)25-3/h4,6-11,13,15,25H,1,5,12,14H2,2-3H3. The van der Waals surface area contributed by atoms with Crippen molar-refractivity contribution in [3.8, 4) is 0 Å². The topological polar surface area (TPSA) is 46.2 Å². The third kappa shape index (κ3) is 4.31. The molecular weight excluding hydrogens is 434 g/mol. The van der Waals surface area contributed by atoms with Gasteiger partial charge in [0, 0.05) is 17.2 Å². The lowest BCUT2D eigenvalue weighted by Crippen LogP contribution is -2.13. The van der Waals surface area contributed by atoms with Gasteiger partial charge in [0.15, 0.2) is 0 Å². The normalized spacial score (nSPS) is 14.6. The first-order valence-electron chi connectivity index (χ1n) is 9.18. The van der Waals surface area contributed by atoms with E-state index in [1.165, 1.54) is 16.8 Å². The Morgan fingerprint density at radius 1 is 1.11 bits per heavy atom. The van der Waals surface area contributed by atoms with Gasteiger partial charge in [-0.15, -0.1) is 0 Å². The van der Waals surface area contributed by atoms with Crippen LogP contribution in [0.2, 0.25) is 0 Å². The van der Waals surface area contributed by atoms with Crippen molar-refractivity contribution in [2.45, 2.75) is 36.0 Å². The molecule has 0 heterocycles. The van der Waals surface area contributed by atoms with E-state index < -0.39 is 9.84 Å². The predicted octanol–water partition coefficient (Wildman–Crippen LogP) is 5.68. The third-order valence-electron chi connectivity index (χ3n) is 5.03. The molecule has 0 amide bonds. The SMILES string of the molecule is C=Cc1ccc(S(=O)(=O)c2ccc(Br)cc2)cc1CC1=C(NC)CCC(C)=C1. The highest BCUT2D eigenvalue weighted by molar-refractivity contribution is 9.10. The van der Waals surface area contributed by atoms with Crippen molar-refractivity contribution in [2.24, 2.45) is 0 Å². The molecule has 0 aromatic heterocycles. The smallest absolute Gasteiger partial charge is 0.206 e. The van der Waals surface area contributed by atoms with Crippen LogP contribution in [0.25, 0.3) is 6.08 Å². The van der Waals surface area contributed by atoms with Crippen molar-refractivity contribution in [2.75, 3.05) is 7.05 Å². The maximum Gasteiger partial charge on any atom is 0.206 e. The average Bonchev–Trinajstić information content (AvgIpc) is 2.68. The van der Waals surface area contributed by atoms with E-state index in [4.69, 9.17) is 0 Å². The quantitative estimate of drug-likeness (QED) is 0.606. The lowest BCUT2D eigenvalue weighted by Gasteiger charge is -2.20. The van der Waals surface area contributed by atoms with Crippen LogP contribution in [0.3, 0.4) is 0 Å². The Kier molecular flexibility index (Phi) is 6.26. The van der Waals surface area contributed by atoms with Crippen molar-refractivity contribution in [1.82, 2.24) is 5.32 Å². The molecule has 1 aliphatic carbocycles. The summed E-state index contributed by atoms with van der Waals surface area (Å²) in [6.45, 7) is 6.03. The second kappa shape index (κ2) is 8.50. The minimum Gasteiger partial charge on any atom is -0.391 e. The second-order valence-electron chi connectivity index (χ2n) is 6.94. The fourth-order valence-corrected chi connectivity index (χ4v) is 5.01. The Hall–Kier alpha value is -2.11. The molecule has 0 atom stereocenters. The minimum absolute atomic E-state index is 0.288. The molecule has 0 spiro atoms. The Balaban J connectivity index is 2.04. The zero-order valence-corrected chi connectivity index (χ0v) is 18.5. The predicted molar refractivity (Wildman–Crippen MR) is 119 cm³/mol. The van der Waals surface area contributed by atoms with Crippen LogP contribution < -0.4 is 5.32 Å². The van der Waals surface area contributed by atoms with Crippen LogP contribution in [-0.4, -0.2) is 15.5 Å². The van der Waals surface area contributed by atoms with Crippen LogP contribution >= 0.6 is 15.9 Å². The first-order chi connectivity index (χ1) is 13.3. The molecule has 0 aliphatic heterocycles. The van der Waals surface area contributed by atoms with Crippen molar-refractivity contribution in [3.05, 3.63) is 87.6 Å². The molecule has 3 nitrogen and oxygen atoms in total. The van der Waals surface area contributed by atoms with Crippen LogP contribution in [-0.2, 0) is 16.3 Å². The minimum atomic E-state index is -3.58. The summed E-state index contributed by atoms with van der Waals surface area (Å²) in [7, 11) is -1.64. The van der Waals surface area contributed by atoms with Crippen LogP contribution in [0.1, 0.15) is 30.9 Å². The second-order valence-corrected chi connectivity index (χ2v) is 9.81. The number of rotatable bonds is 6. The van der Waals surface area contributed by atoms with E-state index in [9.17, 15) is 8.42 Å². The molecule has 2 aromatic rings. The molecule has 0 unspecified atom stereocenters. The van der Waals surface area contributed by atoms with E-state index in [0.717, 1.165) is 28.4 Å². The van der Waals surface area contributed by atoms with Crippen LogP contribution in [0.4, 0.5) is 0 Å². The summed E-state index contributed by atoms with van der Waals surface area (Å²) in [5, 5.41) is 3.29. The zero-order chi connectivity index (χ0) is 20.3. The Morgan fingerprint density at radius 3 is 2.43 bits per heavy atom. The van der Waals surface area contributed by atoms with Crippen molar-refractivity contribution in [3.63, 3.8) is 0 Å². The van der Waals surface area contributed by atoms with E-state index in [2.05, 4.69) is 40.8 Å². The molecule has 28 heavy (non-hydrogen) atoms. The molecule has 1 N–H and O–H groups in total. The summed E-state index contributed by atoms with van der Waals surface area (Å²) >= 11 is 3.35. The summed E-state index contributed by atoms with van der Waals surface area (Å²) in [4.78, 5) is 0.593. The van der Waals surface area contributed by atoms with E-state index >= 15 is 0 Å². The van der Waals surface area contributed by atoms with Gasteiger partial charge in [-0.2, -0.15) is 0 Å². The Morgan fingerprint density at radius 2 is 1.79 bits per heavy atom. The maximum atomic E-state index is 13.1. The maximum absolute atomic E-state index is 13.1. The number of sulfone groups is 1. The number of hydrogen-bond acceptors (Lipinski definition) is 3. The molecular formula is C23H24BrNO2S. The van der Waals surface area contributed by atoms with E-state index in [0.29, 0.717) is 11.3 Å². The summed E-state index contributed by atoms with van der Waals surface area (Å²) in [5.74, 6) is 0. The fraction of sp³-hybridized carbons (Fsp3) is 0.217.